The Hall–Kier alpha value is -2.67. The lowest BCUT2D eigenvalue weighted by molar-refractivity contribution is 0.0523. The van der Waals surface area contributed by atoms with Gasteiger partial charge in [-0.1, -0.05) is 49.0 Å². The van der Waals surface area contributed by atoms with Gasteiger partial charge in [0.2, 0.25) is 0 Å². The van der Waals surface area contributed by atoms with Crippen LogP contribution in [-0.2, 0) is 17.9 Å². The minimum Gasteiger partial charge on any atom is -0.489 e. The molecule has 0 spiro atoms. The summed E-state index contributed by atoms with van der Waals surface area (Å²) in [6, 6.07) is 15.5. The van der Waals surface area contributed by atoms with Gasteiger partial charge in [-0.05, 0) is 50.3 Å². The van der Waals surface area contributed by atoms with Gasteiger partial charge in [0.25, 0.3) is 0 Å². The summed E-state index contributed by atoms with van der Waals surface area (Å²) in [6.07, 6.45) is -0.485. The number of ether oxygens (including phenoxy) is 2. The van der Waals surface area contributed by atoms with Crippen LogP contribution in [0.4, 0.5) is 10.5 Å². The lowest BCUT2D eigenvalue weighted by Gasteiger charge is -2.20. The second kappa shape index (κ2) is 10.8. The quantitative estimate of drug-likeness (QED) is 0.491. The van der Waals surface area contributed by atoms with Gasteiger partial charge in [0.1, 0.15) is 18.0 Å². The number of rotatable bonds is 7. The lowest BCUT2D eigenvalue weighted by Crippen LogP contribution is -2.32. The molecule has 0 radical (unpaired) electrons. The van der Waals surface area contributed by atoms with Gasteiger partial charge in [-0.15, -0.1) is 0 Å². The summed E-state index contributed by atoms with van der Waals surface area (Å²) in [5, 5.41) is 3.27. The van der Waals surface area contributed by atoms with Crippen LogP contribution in [0.2, 0.25) is 0 Å². The van der Waals surface area contributed by atoms with E-state index in [0.29, 0.717) is 23.2 Å². The third kappa shape index (κ3) is 8.48. The number of carbonyl (C=O) groups excluding carboxylic acids is 1. The number of hydrogen-bond donors (Lipinski definition) is 2. The standard InChI is InChI=1S/C22H29N3O3S/c1-5-29-20(23)25-18-11-12-19(27-15-16-9-7-6-8-10-16)17(13-18)14-24-21(26)28-22(2,3)4/h6-13H,5,14-15H2,1-4H3,(H2,23,25)(H,24,26). The molecule has 0 unspecified atom stereocenters. The smallest absolute Gasteiger partial charge is 0.407 e. The van der Waals surface area contributed by atoms with Crippen LogP contribution < -0.4 is 15.8 Å². The summed E-state index contributed by atoms with van der Waals surface area (Å²) in [5.74, 6) is 1.52. The first kappa shape index (κ1) is 22.6. The summed E-state index contributed by atoms with van der Waals surface area (Å²) in [7, 11) is 0. The topological polar surface area (TPSA) is 85.9 Å². The minimum atomic E-state index is -0.561. The highest BCUT2D eigenvalue weighted by Crippen LogP contribution is 2.26. The van der Waals surface area contributed by atoms with E-state index in [4.69, 9.17) is 15.2 Å². The van der Waals surface area contributed by atoms with Crippen LogP contribution in [0.25, 0.3) is 0 Å². The van der Waals surface area contributed by atoms with Crippen LogP contribution in [0.3, 0.4) is 0 Å². The third-order valence-electron chi connectivity index (χ3n) is 3.63. The van der Waals surface area contributed by atoms with Crippen molar-refractivity contribution in [3.8, 4) is 5.75 Å². The van der Waals surface area contributed by atoms with E-state index in [9.17, 15) is 4.79 Å². The van der Waals surface area contributed by atoms with Crippen LogP contribution in [0, 0.1) is 0 Å². The number of aliphatic imine (C=N–C) groups is 1. The van der Waals surface area contributed by atoms with Gasteiger partial charge < -0.3 is 20.5 Å². The van der Waals surface area contributed by atoms with Gasteiger partial charge in [0, 0.05) is 12.1 Å². The van der Waals surface area contributed by atoms with Crippen molar-refractivity contribution in [2.45, 2.75) is 46.4 Å². The number of nitrogens with zero attached hydrogens (tertiary/aromatic N) is 1. The fraction of sp³-hybridized carbons (Fsp3) is 0.364. The number of alkyl carbamates (subject to hydrolysis) is 1. The van der Waals surface area contributed by atoms with Gasteiger partial charge >= 0.3 is 6.09 Å². The molecule has 7 heteroatoms. The molecule has 0 heterocycles. The number of hydrogen-bond acceptors (Lipinski definition) is 5. The van der Waals surface area contributed by atoms with Crippen molar-refractivity contribution in [3.63, 3.8) is 0 Å². The minimum absolute atomic E-state index is 0.253. The van der Waals surface area contributed by atoms with Gasteiger partial charge in [-0.25, -0.2) is 9.79 Å². The molecule has 156 valence electrons. The van der Waals surface area contributed by atoms with Gasteiger partial charge in [-0.3, -0.25) is 0 Å². The SMILES string of the molecule is CCSC(N)=Nc1ccc(OCc2ccccc2)c(CNC(=O)OC(C)(C)C)c1. The largest absolute Gasteiger partial charge is 0.489 e. The van der Waals surface area contributed by atoms with Crippen molar-refractivity contribution in [2.75, 3.05) is 5.75 Å². The van der Waals surface area contributed by atoms with E-state index in [-0.39, 0.29) is 6.54 Å². The number of thioether (sulfide) groups is 1. The Morgan fingerprint density at radius 2 is 1.90 bits per heavy atom. The van der Waals surface area contributed by atoms with Crippen LogP contribution in [-0.4, -0.2) is 22.6 Å². The second-order valence-corrected chi connectivity index (χ2v) is 8.59. The number of benzene rings is 2. The Morgan fingerprint density at radius 1 is 1.17 bits per heavy atom. The van der Waals surface area contributed by atoms with E-state index in [1.54, 1.807) is 0 Å². The molecule has 0 aliphatic heterocycles. The molecule has 6 nitrogen and oxygen atoms in total. The molecular formula is C22H29N3O3S. The number of amides is 1. The highest BCUT2D eigenvalue weighted by atomic mass is 32.2. The molecule has 1 amide bonds. The van der Waals surface area contributed by atoms with Crippen LogP contribution in [0.15, 0.2) is 53.5 Å². The molecule has 0 saturated heterocycles. The summed E-state index contributed by atoms with van der Waals surface area (Å²) >= 11 is 1.48. The Bertz CT molecular complexity index is 833. The highest BCUT2D eigenvalue weighted by Gasteiger charge is 2.16. The number of nitrogens with two attached hydrogens (primary N) is 1. The first-order valence-electron chi connectivity index (χ1n) is 9.50. The average molecular weight is 416 g/mol. The summed E-state index contributed by atoms with van der Waals surface area (Å²) < 4.78 is 11.3. The highest BCUT2D eigenvalue weighted by molar-refractivity contribution is 8.13. The molecule has 29 heavy (non-hydrogen) atoms. The predicted molar refractivity (Wildman–Crippen MR) is 120 cm³/mol. The lowest BCUT2D eigenvalue weighted by atomic mass is 10.1. The fourth-order valence-electron chi connectivity index (χ4n) is 2.44. The van der Waals surface area contributed by atoms with Crippen molar-refractivity contribution in [1.29, 1.82) is 0 Å². The van der Waals surface area contributed by atoms with Gasteiger partial charge in [-0.2, -0.15) is 0 Å². The zero-order valence-corrected chi connectivity index (χ0v) is 18.2. The third-order valence-corrected chi connectivity index (χ3v) is 4.31. The van der Waals surface area contributed by atoms with Crippen molar-refractivity contribution in [1.82, 2.24) is 5.32 Å². The van der Waals surface area contributed by atoms with E-state index < -0.39 is 11.7 Å². The molecule has 2 aromatic rings. The van der Waals surface area contributed by atoms with E-state index in [2.05, 4.69) is 10.3 Å². The molecule has 0 aliphatic rings. The van der Waals surface area contributed by atoms with E-state index in [0.717, 1.165) is 16.9 Å². The van der Waals surface area contributed by atoms with Crippen molar-refractivity contribution >= 4 is 28.7 Å². The number of amidine groups is 1. The maximum atomic E-state index is 12.0. The van der Waals surface area contributed by atoms with Crippen molar-refractivity contribution in [3.05, 3.63) is 59.7 Å². The van der Waals surface area contributed by atoms with Crippen molar-refractivity contribution < 1.29 is 14.3 Å². The monoisotopic (exact) mass is 415 g/mol. The van der Waals surface area contributed by atoms with Crippen LogP contribution in [0.5, 0.6) is 5.75 Å². The van der Waals surface area contributed by atoms with Crippen LogP contribution in [0.1, 0.15) is 38.8 Å². The fourth-order valence-corrected chi connectivity index (χ4v) is 2.90. The first-order chi connectivity index (χ1) is 13.8. The summed E-state index contributed by atoms with van der Waals surface area (Å²) in [4.78, 5) is 16.5. The van der Waals surface area contributed by atoms with E-state index >= 15 is 0 Å². The first-order valence-corrected chi connectivity index (χ1v) is 10.5. The Labute approximate surface area is 176 Å². The molecule has 0 bridgehead atoms. The second-order valence-electron chi connectivity index (χ2n) is 7.30. The van der Waals surface area contributed by atoms with E-state index in [1.807, 2.05) is 76.2 Å². The Morgan fingerprint density at radius 3 is 2.55 bits per heavy atom. The zero-order chi connectivity index (χ0) is 21.3. The van der Waals surface area contributed by atoms with Gasteiger partial charge in [0.15, 0.2) is 5.17 Å². The molecule has 0 aromatic heterocycles. The van der Waals surface area contributed by atoms with Crippen LogP contribution >= 0.6 is 11.8 Å². The Balaban J connectivity index is 2.17. The van der Waals surface area contributed by atoms with E-state index in [1.165, 1.54) is 11.8 Å². The van der Waals surface area contributed by atoms with Gasteiger partial charge in [0.05, 0.1) is 5.69 Å². The Kier molecular flexibility index (Phi) is 8.39. The normalized spacial score (nSPS) is 11.8. The summed E-state index contributed by atoms with van der Waals surface area (Å²) in [5.41, 5.74) is 7.92. The number of carbonyl (C=O) groups is 1. The average Bonchev–Trinajstić information content (AvgIpc) is 2.65. The maximum absolute atomic E-state index is 12.0. The zero-order valence-electron chi connectivity index (χ0n) is 17.4. The molecule has 0 saturated carbocycles. The van der Waals surface area contributed by atoms with Crippen molar-refractivity contribution in [2.24, 2.45) is 10.7 Å². The molecule has 0 fully saturated rings. The molecule has 0 atom stereocenters. The summed E-state index contributed by atoms with van der Waals surface area (Å²) in [6.45, 7) is 8.17. The molecule has 0 aliphatic carbocycles. The maximum Gasteiger partial charge on any atom is 0.407 e. The molecular weight excluding hydrogens is 386 g/mol. The number of nitrogens with one attached hydrogen (secondary N) is 1. The molecule has 2 rings (SSSR count). The molecule has 2 aromatic carbocycles. The predicted octanol–water partition coefficient (Wildman–Crippen LogP) is 4.99. The molecule has 3 N–H and O–H groups in total.